The molecule has 7 nitrogen and oxygen atoms in total. The first-order valence-electron chi connectivity index (χ1n) is 5.34. The van der Waals surface area contributed by atoms with E-state index in [1.54, 1.807) is 0 Å². The molecular formula is C11H10BrFN2O5. The van der Waals surface area contributed by atoms with Gasteiger partial charge in [0.1, 0.15) is 10.3 Å². The largest absolute Gasteiger partial charge is 0.481 e. The van der Waals surface area contributed by atoms with E-state index in [0.717, 1.165) is 11.0 Å². The molecule has 0 aliphatic rings. The Morgan fingerprint density at radius 1 is 1.50 bits per heavy atom. The third-order valence-electron chi connectivity index (χ3n) is 2.45. The molecule has 1 N–H and O–H groups in total. The summed E-state index contributed by atoms with van der Waals surface area (Å²) in [6.45, 7) is -0.0923. The highest BCUT2D eigenvalue weighted by Crippen LogP contribution is 2.30. The van der Waals surface area contributed by atoms with E-state index >= 15 is 0 Å². The number of benzene rings is 1. The summed E-state index contributed by atoms with van der Waals surface area (Å²) in [5, 5.41) is 19.3. The molecule has 20 heavy (non-hydrogen) atoms. The fourth-order valence-electron chi connectivity index (χ4n) is 1.43. The number of aliphatic carboxylic acids is 1. The van der Waals surface area contributed by atoms with Gasteiger partial charge in [0, 0.05) is 13.6 Å². The number of hydrogen-bond acceptors (Lipinski definition) is 4. The highest BCUT2D eigenvalue weighted by atomic mass is 79.9. The van der Waals surface area contributed by atoms with Gasteiger partial charge in [-0.05, 0) is 22.0 Å². The SMILES string of the molecule is CN(CCC(=O)O)C(=O)c1cc(F)cc([N+](=O)[O-])c1Br. The van der Waals surface area contributed by atoms with E-state index in [2.05, 4.69) is 15.9 Å². The Hall–Kier alpha value is -2.03. The van der Waals surface area contributed by atoms with Crippen molar-refractivity contribution in [3.05, 3.63) is 38.1 Å². The zero-order valence-corrected chi connectivity index (χ0v) is 11.9. The Morgan fingerprint density at radius 3 is 2.60 bits per heavy atom. The van der Waals surface area contributed by atoms with Gasteiger partial charge in [-0.25, -0.2) is 4.39 Å². The molecule has 0 unspecified atom stereocenters. The maximum Gasteiger partial charge on any atom is 0.305 e. The van der Waals surface area contributed by atoms with E-state index in [9.17, 15) is 24.1 Å². The van der Waals surface area contributed by atoms with Gasteiger partial charge in [-0.3, -0.25) is 19.7 Å². The minimum absolute atomic E-state index is 0.0923. The minimum Gasteiger partial charge on any atom is -0.481 e. The number of nitro benzene ring substituents is 1. The first-order valence-corrected chi connectivity index (χ1v) is 6.14. The topological polar surface area (TPSA) is 101 Å². The standard InChI is InChI=1S/C11H10BrFN2O5/c1-14(3-2-9(16)17)11(18)7-4-6(13)5-8(10(7)12)15(19)20/h4-5H,2-3H2,1H3,(H,16,17). The number of hydrogen-bond donors (Lipinski definition) is 1. The number of carbonyl (C=O) groups is 2. The van der Waals surface area contributed by atoms with Crippen molar-refractivity contribution in [2.45, 2.75) is 6.42 Å². The lowest BCUT2D eigenvalue weighted by Crippen LogP contribution is -2.29. The minimum atomic E-state index is -1.09. The fourth-order valence-corrected chi connectivity index (χ4v) is 1.98. The molecule has 0 aromatic heterocycles. The molecule has 0 aliphatic heterocycles. The predicted molar refractivity (Wildman–Crippen MR) is 70.0 cm³/mol. The monoisotopic (exact) mass is 348 g/mol. The van der Waals surface area contributed by atoms with Crippen LogP contribution in [-0.4, -0.2) is 40.4 Å². The molecule has 0 atom stereocenters. The number of nitrogens with zero attached hydrogens (tertiary/aromatic N) is 2. The third-order valence-corrected chi connectivity index (χ3v) is 3.29. The van der Waals surface area contributed by atoms with Crippen LogP contribution in [-0.2, 0) is 4.79 Å². The quantitative estimate of drug-likeness (QED) is 0.648. The van der Waals surface area contributed by atoms with Crippen molar-refractivity contribution in [2.75, 3.05) is 13.6 Å². The molecular weight excluding hydrogens is 339 g/mol. The van der Waals surface area contributed by atoms with Gasteiger partial charge in [0.25, 0.3) is 11.6 Å². The summed E-state index contributed by atoms with van der Waals surface area (Å²) in [4.78, 5) is 33.4. The van der Waals surface area contributed by atoms with Crippen LogP contribution >= 0.6 is 15.9 Å². The van der Waals surface area contributed by atoms with Crippen molar-refractivity contribution in [3.63, 3.8) is 0 Å². The van der Waals surface area contributed by atoms with Crippen LogP contribution in [0.2, 0.25) is 0 Å². The van der Waals surface area contributed by atoms with Gasteiger partial charge in [0.2, 0.25) is 0 Å². The van der Waals surface area contributed by atoms with Crippen molar-refractivity contribution in [1.82, 2.24) is 4.90 Å². The zero-order chi connectivity index (χ0) is 15.4. The van der Waals surface area contributed by atoms with Crippen LogP contribution in [0.3, 0.4) is 0 Å². The zero-order valence-electron chi connectivity index (χ0n) is 10.3. The third kappa shape index (κ3) is 3.73. The molecule has 0 saturated carbocycles. The maximum atomic E-state index is 13.3. The lowest BCUT2D eigenvalue weighted by molar-refractivity contribution is -0.385. The van der Waals surface area contributed by atoms with E-state index in [0.29, 0.717) is 6.07 Å². The average molecular weight is 349 g/mol. The summed E-state index contributed by atoms with van der Waals surface area (Å²) in [7, 11) is 1.33. The number of nitro groups is 1. The van der Waals surface area contributed by atoms with E-state index in [4.69, 9.17) is 5.11 Å². The van der Waals surface area contributed by atoms with Gasteiger partial charge in [-0.2, -0.15) is 0 Å². The van der Waals surface area contributed by atoms with Gasteiger partial charge in [0.15, 0.2) is 0 Å². The van der Waals surface area contributed by atoms with Crippen LogP contribution in [0.5, 0.6) is 0 Å². The molecule has 1 aromatic carbocycles. The molecule has 1 rings (SSSR count). The normalized spacial score (nSPS) is 10.2. The lowest BCUT2D eigenvalue weighted by Gasteiger charge is -2.16. The predicted octanol–water partition coefficient (Wildman–Crippen LogP) is 2.04. The van der Waals surface area contributed by atoms with Gasteiger partial charge < -0.3 is 10.0 Å². The second-order valence-corrected chi connectivity index (χ2v) is 4.71. The molecule has 0 heterocycles. The molecule has 0 radical (unpaired) electrons. The highest BCUT2D eigenvalue weighted by molar-refractivity contribution is 9.10. The van der Waals surface area contributed by atoms with Crippen LogP contribution in [0.1, 0.15) is 16.8 Å². The number of carbonyl (C=O) groups excluding carboxylic acids is 1. The Morgan fingerprint density at radius 2 is 2.10 bits per heavy atom. The van der Waals surface area contributed by atoms with E-state index in [-0.39, 0.29) is 23.0 Å². The first-order chi connectivity index (χ1) is 9.23. The van der Waals surface area contributed by atoms with Crippen molar-refractivity contribution in [2.24, 2.45) is 0 Å². The summed E-state index contributed by atoms with van der Waals surface area (Å²) >= 11 is 2.89. The van der Waals surface area contributed by atoms with Crippen LogP contribution in [0, 0.1) is 15.9 Å². The number of halogens is 2. The van der Waals surface area contributed by atoms with Gasteiger partial charge >= 0.3 is 5.97 Å². The van der Waals surface area contributed by atoms with Crippen LogP contribution in [0.25, 0.3) is 0 Å². The second-order valence-electron chi connectivity index (χ2n) is 3.91. The smallest absolute Gasteiger partial charge is 0.305 e. The van der Waals surface area contributed by atoms with Crippen LogP contribution < -0.4 is 0 Å². The first kappa shape index (κ1) is 16.0. The molecule has 0 saturated heterocycles. The van der Waals surface area contributed by atoms with Crippen molar-refractivity contribution < 1.29 is 24.0 Å². The summed E-state index contributed by atoms with van der Waals surface area (Å²) < 4.78 is 13.2. The fraction of sp³-hybridized carbons (Fsp3) is 0.273. The van der Waals surface area contributed by atoms with Crippen LogP contribution in [0.15, 0.2) is 16.6 Å². The van der Waals surface area contributed by atoms with E-state index in [1.807, 2.05) is 0 Å². The Balaban J connectivity index is 3.09. The molecule has 0 aliphatic carbocycles. The van der Waals surface area contributed by atoms with Crippen LogP contribution in [0.4, 0.5) is 10.1 Å². The molecule has 0 bridgehead atoms. The average Bonchev–Trinajstić information content (AvgIpc) is 2.36. The Bertz CT molecular complexity index is 578. The number of carboxylic acid groups (broad SMARTS) is 1. The van der Waals surface area contributed by atoms with Gasteiger partial charge in [-0.1, -0.05) is 0 Å². The number of carboxylic acids is 1. The Labute approximate surface area is 121 Å². The molecule has 0 spiro atoms. The summed E-state index contributed by atoms with van der Waals surface area (Å²) in [5.74, 6) is -2.72. The van der Waals surface area contributed by atoms with Gasteiger partial charge in [0.05, 0.1) is 23.0 Å². The summed E-state index contributed by atoms with van der Waals surface area (Å²) in [6.07, 6.45) is -0.280. The molecule has 108 valence electrons. The number of rotatable bonds is 5. The second kappa shape index (κ2) is 6.42. The molecule has 9 heteroatoms. The summed E-state index contributed by atoms with van der Waals surface area (Å²) in [6, 6.07) is 1.55. The van der Waals surface area contributed by atoms with Crippen molar-refractivity contribution in [1.29, 1.82) is 0 Å². The molecule has 0 fully saturated rings. The lowest BCUT2D eigenvalue weighted by atomic mass is 10.1. The molecule has 1 aromatic rings. The molecule has 1 amide bonds. The summed E-state index contributed by atoms with van der Waals surface area (Å²) in [5.41, 5.74) is -0.801. The van der Waals surface area contributed by atoms with Crippen molar-refractivity contribution in [3.8, 4) is 0 Å². The van der Waals surface area contributed by atoms with Crippen molar-refractivity contribution >= 4 is 33.5 Å². The highest BCUT2D eigenvalue weighted by Gasteiger charge is 2.24. The number of amides is 1. The van der Waals surface area contributed by atoms with Gasteiger partial charge in [-0.15, -0.1) is 0 Å². The van der Waals surface area contributed by atoms with E-state index in [1.165, 1.54) is 7.05 Å². The maximum absolute atomic E-state index is 13.3. The Kier molecular flexibility index (Phi) is 5.14. The van der Waals surface area contributed by atoms with E-state index < -0.39 is 28.3 Å².